The first-order valence-corrected chi connectivity index (χ1v) is 5.40. The van der Waals surface area contributed by atoms with Crippen molar-refractivity contribution in [3.8, 4) is 5.75 Å². The van der Waals surface area contributed by atoms with Crippen molar-refractivity contribution in [2.24, 2.45) is 0 Å². The van der Waals surface area contributed by atoms with Crippen LogP contribution in [0.5, 0.6) is 5.75 Å². The van der Waals surface area contributed by atoms with Crippen LogP contribution in [0.15, 0.2) is 24.3 Å². The summed E-state index contributed by atoms with van der Waals surface area (Å²) in [4.78, 5) is 4.45. The van der Waals surface area contributed by atoms with E-state index in [9.17, 15) is 0 Å². The Morgan fingerprint density at radius 3 is 2.71 bits per heavy atom. The van der Waals surface area contributed by atoms with E-state index in [4.69, 9.17) is 4.74 Å². The molecular weight excluding hydrogens is 289 g/mol. The molecule has 2 nitrogen and oxygen atoms in total. The molecule has 0 fully saturated rings. The smallest absolute Gasteiger partial charge is 0.132 e. The Kier molecular flexibility index (Phi) is 2.58. The molecule has 2 aromatic rings. The molecule has 0 aliphatic rings. The highest BCUT2D eigenvalue weighted by Gasteiger charge is 2.05. The number of rotatable bonds is 1. The van der Waals surface area contributed by atoms with Gasteiger partial charge in [-0.2, -0.15) is 0 Å². The normalized spacial score (nSPS) is 10.5. The van der Waals surface area contributed by atoms with E-state index < -0.39 is 0 Å². The highest BCUT2D eigenvalue weighted by Crippen LogP contribution is 2.28. The van der Waals surface area contributed by atoms with Crippen LogP contribution < -0.4 is 4.74 Å². The second-order valence-corrected chi connectivity index (χ2v) is 4.18. The maximum absolute atomic E-state index is 5.25. The van der Waals surface area contributed by atoms with E-state index in [1.165, 1.54) is 0 Å². The summed E-state index contributed by atoms with van der Waals surface area (Å²) in [6.45, 7) is 2.00. The van der Waals surface area contributed by atoms with Gasteiger partial charge in [0.2, 0.25) is 0 Å². The van der Waals surface area contributed by atoms with Crippen LogP contribution in [0.2, 0.25) is 0 Å². The van der Waals surface area contributed by atoms with E-state index in [-0.39, 0.29) is 0 Å². The Morgan fingerprint density at radius 2 is 2.00 bits per heavy atom. The Bertz CT molecular complexity index is 482. The second-order valence-electron chi connectivity index (χ2n) is 3.10. The molecule has 1 heterocycles. The lowest BCUT2D eigenvalue weighted by Crippen LogP contribution is -1.90. The Hall–Kier alpha value is -0.840. The lowest BCUT2D eigenvalue weighted by atomic mass is 10.2. The van der Waals surface area contributed by atoms with Gasteiger partial charge in [-0.05, 0) is 53.8 Å². The van der Waals surface area contributed by atoms with E-state index in [0.717, 1.165) is 25.9 Å². The molecular formula is C11H10INO. The first kappa shape index (κ1) is 9.71. The van der Waals surface area contributed by atoms with Gasteiger partial charge in [0.25, 0.3) is 0 Å². The van der Waals surface area contributed by atoms with Gasteiger partial charge < -0.3 is 4.74 Å². The fraction of sp³-hybridized carbons (Fsp3) is 0.182. The Balaban J connectivity index is 2.77. The molecule has 0 saturated carbocycles. The van der Waals surface area contributed by atoms with Gasteiger partial charge in [0.15, 0.2) is 0 Å². The summed E-state index contributed by atoms with van der Waals surface area (Å²) in [5.74, 6) is 0.906. The first-order chi connectivity index (χ1) is 6.72. The number of hydrogen-bond acceptors (Lipinski definition) is 2. The first-order valence-electron chi connectivity index (χ1n) is 4.32. The van der Waals surface area contributed by atoms with Crippen LogP contribution in [0, 0.1) is 10.5 Å². The van der Waals surface area contributed by atoms with E-state index in [0.29, 0.717) is 0 Å². The van der Waals surface area contributed by atoms with Crippen molar-refractivity contribution in [1.82, 2.24) is 4.98 Å². The van der Waals surface area contributed by atoms with Gasteiger partial charge in [-0.3, -0.25) is 4.98 Å². The third-order valence-corrected chi connectivity index (χ3v) is 3.24. The number of halogens is 1. The van der Waals surface area contributed by atoms with Crippen molar-refractivity contribution >= 4 is 33.5 Å². The van der Waals surface area contributed by atoms with E-state index >= 15 is 0 Å². The number of benzene rings is 1. The molecule has 0 unspecified atom stereocenters. The van der Waals surface area contributed by atoms with E-state index in [1.54, 1.807) is 7.11 Å². The molecule has 0 spiro atoms. The molecule has 0 bridgehead atoms. The molecule has 0 aliphatic heterocycles. The van der Waals surface area contributed by atoms with Crippen LogP contribution >= 0.6 is 22.6 Å². The molecule has 3 heteroatoms. The third kappa shape index (κ3) is 1.56. The summed E-state index contributed by atoms with van der Waals surface area (Å²) in [7, 11) is 1.69. The predicted octanol–water partition coefficient (Wildman–Crippen LogP) is 3.16. The van der Waals surface area contributed by atoms with Crippen LogP contribution in [-0.4, -0.2) is 12.1 Å². The van der Waals surface area contributed by atoms with Crippen molar-refractivity contribution < 1.29 is 4.74 Å². The topological polar surface area (TPSA) is 22.1 Å². The summed E-state index contributed by atoms with van der Waals surface area (Å²) in [6, 6.07) is 8.05. The van der Waals surface area contributed by atoms with Crippen LogP contribution in [0.4, 0.5) is 0 Å². The number of pyridine rings is 1. The maximum atomic E-state index is 5.25. The number of methoxy groups -OCH3 is 1. The summed E-state index contributed by atoms with van der Waals surface area (Å²) >= 11 is 2.29. The zero-order chi connectivity index (χ0) is 10.1. The molecule has 0 amide bonds. The molecule has 1 aromatic carbocycles. The third-order valence-electron chi connectivity index (χ3n) is 2.13. The number of ether oxygens (including phenoxy) is 1. The van der Waals surface area contributed by atoms with Crippen molar-refractivity contribution in [1.29, 1.82) is 0 Å². The van der Waals surface area contributed by atoms with Gasteiger partial charge in [-0.25, -0.2) is 0 Å². The maximum Gasteiger partial charge on any atom is 0.132 e. The van der Waals surface area contributed by atoms with E-state index in [2.05, 4.69) is 33.6 Å². The predicted molar refractivity (Wildman–Crippen MR) is 65.7 cm³/mol. The molecule has 0 aliphatic carbocycles. The number of hydrogen-bond donors (Lipinski definition) is 0. The highest BCUT2D eigenvalue weighted by molar-refractivity contribution is 14.1. The van der Waals surface area contributed by atoms with Gasteiger partial charge >= 0.3 is 0 Å². The van der Waals surface area contributed by atoms with Crippen molar-refractivity contribution in [2.45, 2.75) is 6.92 Å². The number of nitrogens with zero attached hydrogens (tertiary/aromatic N) is 1. The van der Waals surface area contributed by atoms with Crippen molar-refractivity contribution in [3.63, 3.8) is 0 Å². The highest BCUT2D eigenvalue weighted by atomic mass is 127. The molecule has 72 valence electrons. The standard InChI is InChI=1S/C11H10INO/c1-7-3-4-8-9(13-7)5-6-10(14-2)11(8)12/h3-6H,1-2H3. The molecule has 1 aromatic heterocycles. The zero-order valence-corrected chi connectivity index (χ0v) is 10.2. The van der Waals surface area contributed by atoms with Crippen molar-refractivity contribution in [3.05, 3.63) is 33.5 Å². The molecule has 0 atom stereocenters. The monoisotopic (exact) mass is 299 g/mol. The summed E-state index contributed by atoms with van der Waals surface area (Å²) < 4.78 is 6.37. The van der Waals surface area contributed by atoms with Crippen LogP contribution in [-0.2, 0) is 0 Å². The summed E-state index contributed by atoms with van der Waals surface area (Å²) in [6.07, 6.45) is 0. The minimum absolute atomic E-state index is 0.906. The molecule has 0 radical (unpaired) electrons. The Labute approximate surface area is 96.4 Å². The average Bonchev–Trinajstić information content (AvgIpc) is 2.18. The SMILES string of the molecule is COc1ccc2nc(C)ccc2c1I. The fourth-order valence-corrected chi connectivity index (χ4v) is 2.26. The van der Waals surface area contributed by atoms with Crippen LogP contribution in [0.1, 0.15) is 5.69 Å². The quantitative estimate of drug-likeness (QED) is 0.755. The van der Waals surface area contributed by atoms with Gasteiger partial charge in [0.05, 0.1) is 16.2 Å². The average molecular weight is 299 g/mol. The van der Waals surface area contributed by atoms with Gasteiger partial charge in [0, 0.05) is 11.1 Å². The lowest BCUT2D eigenvalue weighted by Gasteiger charge is -2.06. The second kappa shape index (κ2) is 3.73. The fourth-order valence-electron chi connectivity index (χ4n) is 1.41. The molecule has 0 saturated heterocycles. The van der Waals surface area contributed by atoms with Crippen LogP contribution in [0.25, 0.3) is 10.9 Å². The minimum Gasteiger partial charge on any atom is -0.496 e. The Morgan fingerprint density at radius 1 is 1.21 bits per heavy atom. The minimum atomic E-state index is 0.906. The largest absolute Gasteiger partial charge is 0.496 e. The number of aromatic nitrogens is 1. The van der Waals surface area contributed by atoms with Crippen molar-refractivity contribution in [2.75, 3.05) is 7.11 Å². The number of fused-ring (bicyclic) bond motifs is 1. The van der Waals surface area contributed by atoms with Gasteiger partial charge in [-0.1, -0.05) is 0 Å². The number of aryl methyl sites for hydroxylation is 1. The zero-order valence-electron chi connectivity index (χ0n) is 8.04. The van der Waals surface area contributed by atoms with Gasteiger partial charge in [0.1, 0.15) is 5.75 Å². The lowest BCUT2D eigenvalue weighted by molar-refractivity contribution is 0.412. The summed E-state index contributed by atoms with van der Waals surface area (Å²) in [5, 5.41) is 1.15. The van der Waals surface area contributed by atoms with Gasteiger partial charge in [-0.15, -0.1) is 0 Å². The summed E-state index contributed by atoms with van der Waals surface area (Å²) in [5.41, 5.74) is 2.06. The van der Waals surface area contributed by atoms with Crippen LogP contribution in [0.3, 0.4) is 0 Å². The molecule has 2 rings (SSSR count). The molecule has 0 N–H and O–H groups in total. The molecule has 14 heavy (non-hydrogen) atoms. The van der Waals surface area contributed by atoms with E-state index in [1.807, 2.05) is 25.1 Å².